The summed E-state index contributed by atoms with van der Waals surface area (Å²) in [5.74, 6) is 0. The highest BCUT2D eigenvalue weighted by atomic mass is 32.1. The van der Waals surface area contributed by atoms with Gasteiger partial charge < -0.3 is 4.98 Å². The number of fused-ring (bicyclic) bond motifs is 1. The molecule has 0 saturated carbocycles. The molecule has 1 aromatic carbocycles. The molecular weight excluding hydrogens is 260 g/mol. The lowest BCUT2D eigenvalue weighted by atomic mass is 10.2. The van der Waals surface area contributed by atoms with Crippen molar-refractivity contribution in [1.29, 1.82) is 0 Å². The van der Waals surface area contributed by atoms with Crippen LogP contribution in [-0.2, 0) is 6.54 Å². The topological polar surface area (TPSA) is 54.9 Å². The van der Waals surface area contributed by atoms with Gasteiger partial charge in [-0.3, -0.25) is 9.36 Å². The van der Waals surface area contributed by atoms with E-state index in [9.17, 15) is 9.59 Å². The lowest BCUT2D eigenvalue weighted by molar-refractivity contribution is 0.720. The minimum atomic E-state index is -0.366. The molecule has 0 aliphatic heterocycles. The fraction of sp³-hybridized carbons (Fsp3) is 0.143. The van der Waals surface area contributed by atoms with Crippen LogP contribution in [0.15, 0.2) is 45.3 Å². The van der Waals surface area contributed by atoms with E-state index in [1.165, 1.54) is 15.9 Å². The maximum absolute atomic E-state index is 12.4. The molecule has 0 saturated heterocycles. The number of benzene rings is 1. The number of aromatic nitrogens is 2. The molecule has 0 fully saturated rings. The third kappa shape index (κ3) is 2.13. The van der Waals surface area contributed by atoms with Crippen molar-refractivity contribution in [3.05, 3.63) is 67.0 Å². The van der Waals surface area contributed by atoms with Gasteiger partial charge in [-0.25, -0.2) is 4.79 Å². The maximum atomic E-state index is 12.4. The molecule has 2 aromatic heterocycles. The molecule has 0 amide bonds. The van der Waals surface area contributed by atoms with E-state index in [0.717, 1.165) is 10.4 Å². The summed E-state index contributed by atoms with van der Waals surface area (Å²) < 4.78 is 1.24. The molecule has 2 heterocycles. The first-order valence-electron chi connectivity index (χ1n) is 5.91. The Bertz CT molecular complexity index is 844. The lowest BCUT2D eigenvalue weighted by Crippen LogP contribution is -2.35. The first-order valence-corrected chi connectivity index (χ1v) is 6.79. The predicted octanol–water partition coefficient (Wildman–Crippen LogP) is 2.11. The van der Waals surface area contributed by atoms with E-state index in [-0.39, 0.29) is 11.2 Å². The monoisotopic (exact) mass is 272 g/mol. The Kier molecular flexibility index (Phi) is 2.83. The minimum absolute atomic E-state index is 0.240. The Morgan fingerprint density at radius 2 is 2.11 bits per heavy atom. The van der Waals surface area contributed by atoms with Gasteiger partial charge in [0.15, 0.2) is 0 Å². The highest BCUT2D eigenvalue weighted by Crippen LogP contribution is 2.10. The molecule has 3 aromatic rings. The van der Waals surface area contributed by atoms with Gasteiger partial charge in [-0.1, -0.05) is 17.7 Å². The SMILES string of the molecule is Cc1ccc2[nH]c(=O)n(Cc3cccs3)c(=O)c2c1. The Morgan fingerprint density at radius 1 is 1.26 bits per heavy atom. The number of rotatable bonds is 2. The quantitative estimate of drug-likeness (QED) is 0.776. The van der Waals surface area contributed by atoms with Crippen molar-refractivity contribution in [2.75, 3.05) is 0 Å². The van der Waals surface area contributed by atoms with Crippen LogP contribution in [0.4, 0.5) is 0 Å². The molecule has 0 atom stereocenters. The summed E-state index contributed by atoms with van der Waals surface area (Å²) in [4.78, 5) is 28.1. The summed E-state index contributed by atoms with van der Waals surface area (Å²) in [5.41, 5.74) is 0.980. The summed E-state index contributed by atoms with van der Waals surface area (Å²) in [7, 11) is 0. The van der Waals surface area contributed by atoms with Crippen LogP contribution in [0.1, 0.15) is 10.4 Å². The zero-order valence-electron chi connectivity index (χ0n) is 10.3. The number of nitrogens with zero attached hydrogens (tertiary/aromatic N) is 1. The highest BCUT2D eigenvalue weighted by molar-refractivity contribution is 7.09. The lowest BCUT2D eigenvalue weighted by Gasteiger charge is -2.05. The molecule has 3 rings (SSSR count). The van der Waals surface area contributed by atoms with Crippen LogP contribution in [-0.4, -0.2) is 9.55 Å². The van der Waals surface area contributed by atoms with Crippen molar-refractivity contribution < 1.29 is 0 Å². The molecule has 0 radical (unpaired) electrons. The predicted molar refractivity (Wildman–Crippen MR) is 77.0 cm³/mol. The number of aromatic amines is 1. The van der Waals surface area contributed by atoms with Crippen LogP contribution >= 0.6 is 11.3 Å². The average molecular weight is 272 g/mol. The maximum Gasteiger partial charge on any atom is 0.329 e. The molecule has 0 aliphatic rings. The van der Waals surface area contributed by atoms with Gasteiger partial charge in [0.05, 0.1) is 17.4 Å². The molecule has 96 valence electrons. The number of thiophene rings is 1. The van der Waals surface area contributed by atoms with Gasteiger partial charge in [0.25, 0.3) is 5.56 Å². The van der Waals surface area contributed by atoms with Crippen molar-refractivity contribution in [2.24, 2.45) is 0 Å². The Hall–Kier alpha value is -2.14. The first-order chi connectivity index (χ1) is 9.15. The normalized spacial score (nSPS) is 11.0. The fourth-order valence-corrected chi connectivity index (χ4v) is 2.76. The zero-order valence-corrected chi connectivity index (χ0v) is 11.2. The molecule has 19 heavy (non-hydrogen) atoms. The second kappa shape index (κ2) is 4.51. The van der Waals surface area contributed by atoms with Gasteiger partial charge in [-0.05, 0) is 30.5 Å². The van der Waals surface area contributed by atoms with Gasteiger partial charge in [-0.2, -0.15) is 0 Å². The van der Waals surface area contributed by atoms with Gasteiger partial charge in [-0.15, -0.1) is 11.3 Å². The van der Waals surface area contributed by atoms with Crippen LogP contribution in [0, 0.1) is 6.92 Å². The van der Waals surface area contributed by atoms with Crippen molar-refractivity contribution in [2.45, 2.75) is 13.5 Å². The molecule has 0 unspecified atom stereocenters. The summed E-state index contributed by atoms with van der Waals surface area (Å²) in [6.07, 6.45) is 0. The molecule has 0 aliphatic carbocycles. The van der Waals surface area contributed by atoms with Gasteiger partial charge in [0.1, 0.15) is 0 Å². The van der Waals surface area contributed by atoms with E-state index < -0.39 is 0 Å². The Morgan fingerprint density at radius 3 is 2.84 bits per heavy atom. The van der Waals surface area contributed by atoms with Crippen LogP contribution in [0.25, 0.3) is 10.9 Å². The number of aryl methyl sites for hydroxylation is 1. The van der Waals surface area contributed by atoms with E-state index in [1.807, 2.05) is 30.5 Å². The standard InChI is InChI=1S/C14H12N2O2S/c1-9-4-5-12-11(7-9)13(17)16(14(18)15-12)8-10-3-2-6-19-10/h2-7H,8H2,1H3,(H,15,18). The summed E-state index contributed by atoms with van der Waals surface area (Å²) in [6.45, 7) is 2.24. The largest absolute Gasteiger partial charge is 0.329 e. The Labute approximate surface area is 113 Å². The molecule has 4 nitrogen and oxygen atoms in total. The number of hydrogen-bond donors (Lipinski definition) is 1. The van der Waals surface area contributed by atoms with Crippen LogP contribution in [0.2, 0.25) is 0 Å². The van der Waals surface area contributed by atoms with Gasteiger partial charge in [0.2, 0.25) is 0 Å². The summed E-state index contributed by atoms with van der Waals surface area (Å²) >= 11 is 1.53. The van der Waals surface area contributed by atoms with E-state index in [1.54, 1.807) is 12.1 Å². The molecular formula is C14H12N2O2S. The number of H-pyrrole nitrogens is 1. The van der Waals surface area contributed by atoms with E-state index in [2.05, 4.69) is 4.98 Å². The molecule has 0 bridgehead atoms. The van der Waals surface area contributed by atoms with Crippen LogP contribution in [0.3, 0.4) is 0 Å². The van der Waals surface area contributed by atoms with E-state index >= 15 is 0 Å². The van der Waals surface area contributed by atoms with Gasteiger partial charge in [0, 0.05) is 4.88 Å². The number of nitrogens with one attached hydrogen (secondary N) is 1. The first kappa shape index (κ1) is 11.9. The summed E-state index contributed by atoms with van der Waals surface area (Å²) in [5, 5.41) is 2.48. The third-order valence-electron chi connectivity index (χ3n) is 3.03. The zero-order chi connectivity index (χ0) is 13.4. The second-order valence-electron chi connectivity index (χ2n) is 4.45. The van der Waals surface area contributed by atoms with Crippen molar-refractivity contribution >= 4 is 22.2 Å². The van der Waals surface area contributed by atoms with Crippen molar-refractivity contribution in [3.8, 4) is 0 Å². The Balaban J connectivity index is 2.25. The van der Waals surface area contributed by atoms with Crippen molar-refractivity contribution in [3.63, 3.8) is 0 Å². The smallest absolute Gasteiger partial charge is 0.307 e. The highest BCUT2D eigenvalue weighted by Gasteiger charge is 2.08. The average Bonchev–Trinajstić information content (AvgIpc) is 2.89. The minimum Gasteiger partial charge on any atom is -0.307 e. The molecule has 0 spiro atoms. The third-order valence-corrected chi connectivity index (χ3v) is 3.89. The summed E-state index contributed by atoms with van der Waals surface area (Å²) in [6, 6.07) is 9.27. The number of hydrogen-bond acceptors (Lipinski definition) is 3. The van der Waals surface area contributed by atoms with Crippen molar-refractivity contribution in [1.82, 2.24) is 9.55 Å². The van der Waals surface area contributed by atoms with Crippen LogP contribution in [0.5, 0.6) is 0 Å². The van der Waals surface area contributed by atoms with Gasteiger partial charge >= 0.3 is 5.69 Å². The fourth-order valence-electron chi connectivity index (χ4n) is 2.07. The molecule has 5 heteroatoms. The second-order valence-corrected chi connectivity index (χ2v) is 5.48. The van der Waals surface area contributed by atoms with E-state index in [0.29, 0.717) is 17.4 Å². The van der Waals surface area contributed by atoms with E-state index in [4.69, 9.17) is 0 Å². The molecule has 1 N–H and O–H groups in total. The van der Waals surface area contributed by atoms with Crippen LogP contribution < -0.4 is 11.2 Å².